The second-order valence-corrected chi connectivity index (χ2v) is 11.2. The number of rotatable bonds is 10. The molecule has 3 heterocycles. The molecular weight excluding hydrogens is 498 g/mol. The first-order valence-corrected chi connectivity index (χ1v) is 14.6. The highest BCUT2D eigenvalue weighted by Crippen LogP contribution is 2.16. The van der Waals surface area contributed by atoms with Crippen LogP contribution in [0.5, 0.6) is 0 Å². The summed E-state index contributed by atoms with van der Waals surface area (Å²) in [7, 11) is 0. The smallest absolute Gasteiger partial charge is 0.226 e. The molecule has 0 atom stereocenters. The van der Waals surface area contributed by atoms with Crippen molar-refractivity contribution < 1.29 is 9.59 Å². The third-order valence-electron chi connectivity index (χ3n) is 8.00. The number of benzene rings is 2. The van der Waals surface area contributed by atoms with Crippen LogP contribution in [0.3, 0.4) is 0 Å². The van der Waals surface area contributed by atoms with Gasteiger partial charge in [-0.1, -0.05) is 66.7 Å². The Morgan fingerprint density at radius 1 is 0.625 bits per heavy atom. The number of amides is 2. The minimum Gasteiger partial charge on any atom is -0.353 e. The molecule has 0 unspecified atom stereocenters. The van der Waals surface area contributed by atoms with Crippen LogP contribution in [0.15, 0.2) is 79.0 Å². The Morgan fingerprint density at radius 3 is 1.55 bits per heavy atom. The van der Waals surface area contributed by atoms with E-state index in [4.69, 9.17) is 0 Å². The van der Waals surface area contributed by atoms with Crippen LogP contribution < -0.4 is 10.6 Å². The summed E-state index contributed by atoms with van der Waals surface area (Å²) in [4.78, 5) is 34.6. The van der Waals surface area contributed by atoms with E-state index in [-0.39, 0.29) is 30.3 Å². The van der Waals surface area contributed by atoms with Crippen LogP contribution in [-0.4, -0.2) is 64.9 Å². The van der Waals surface area contributed by atoms with Crippen molar-refractivity contribution in [2.75, 3.05) is 26.2 Å². The summed E-state index contributed by atoms with van der Waals surface area (Å²) >= 11 is 0. The van der Waals surface area contributed by atoms with Crippen molar-refractivity contribution in [2.45, 2.75) is 63.7 Å². The molecule has 0 saturated carbocycles. The van der Waals surface area contributed by atoms with Crippen LogP contribution in [0.4, 0.5) is 0 Å². The minimum absolute atomic E-state index is 0.0121. The van der Waals surface area contributed by atoms with Gasteiger partial charge in [0.05, 0.1) is 12.8 Å². The maximum atomic E-state index is 12.6. The zero-order valence-corrected chi connectivity index (χ0v) is 23.3. The molecule has 0 aliphatic carbocycles. The summed E-state index contributed by atoms with van der Waals surface area (Å²) in [5.74, 6) is 0.0468. The molecule has 5 rings (SSSR count). The Balaban J connectivity index is 0.977. The monoisotopic (exact) mass is 539 g/mol. The van der Waals surface area contributed by atoms with Gasteiger partial charge in [0.2, 0.25) is 11.8 Å². The quantitative estimate of drug-likeness (QED) is 0.411. The average molecular weight is 540 g/mol. The predicted octanol–water partition coefficient (Wildman–Crippen LogP) is 3.73. The molecule has 2 amide bonds. The van der Waals surface area contributed by atoms with Gasteiger partial charge in [-0.05, 0) is 48.4 Å². The minimum atomic E-state index is 0.0121. The van der Waals surface area contributed by atoms with Gasteiger partial charge in [-0.25, -0.2) is 0 Å². The zero-order valence-electron chi connectivity index (χ0n) is 23.3. The lowest BCUT2D eigenvalue weighted by molar-refractivity contribution is -0.122. The van der Waals surface area contributed by atoms with Crippen LogP contribution in [0.25, 0.3) is 0 Å². The van der Waals surface area contributed by atoms with Crippen LogP contribution in [0, 0.1) is 0 Å². The van der Waals surface area contributed by atoms with Gasteiger partial charge in [-0.3, -0.25) is 24.4 Å². The van der Waals surface area contributed by atoms with Crippen molar-refractivity contribution in [3.63, 3.8) is 0 Å². The molecule has 3 aromatic rings. The highest BCUT2D eigenvalue weighted by molar-refractivity contribution is 5.79. The maximum absolute atomic E-state index is 12.6. The number of hydrogen-bond acceptors (Lipinski definition) is 5. The Kier molecular flexibility index (Phi) is 9.93. The molecule has 210 valence electrons. The number of piperidine rings is 2. The highest BCUT2D eigenvalue weighted by Gasteiger charge is 2.22. The molecule has 2 aliphatic heterocycles. The fourth-order valence-corrected chi connectivity index (χ4v) is 5.73. The fourth-order valence-electron chi connectivity index (χ4n) is 5.73. The summed E-state index contributed by atoms with van der Waals surface area (Å²) < 4.78 is 0. The van der Waals surface area contributed by atoms with Gasteiger partial charge in [-0.2, -0.15) is 0 Å². The van der Waals surface area contributed by atoms with Crippen molar-refractivity contribution in [2.24, 2.45) is 0 Å². The summed E-state index contributed by atoms with van der Waals surface area (Å²) in [5, 5.41) is 6.39. The molecule has 0 bridgehead atoms. The zero-order chi connectivity index (χ0) is 27.6. The number of carbonyl (C=O) groups excluding carboxylic acids is 2. The molecule has 0 spiro atoms. The third kappa shape index (κ3) is 8.73. The van der Waals surface area contributed by atoms with E-state index in [9.17, 15) is 9.59 Å². The van der Waals surface area contributed by atoms with E-state index in [2.05, 4.69) is 73.9 Å². The predicted molar refractivity (Wildman–Crippen MR) is 157 cm³/mol. The molecule has 7 heteroatoms. The first-order chi connectivity index (χ1) is 19.6. The molecule has 2 N–H and O–H groups in total. The largest absolute Gasteiger partial charge is 0.353 e. The molecule has 0 radical (unpaired) electrons. The lowest BCUT2D eigenvalue weighted by Gasteiger charge is -2.32. The van der Waals surface area contributed by atoms with Crippen LogP contribution >= 0.6 is 0 Å². The topological polar surface area (TPSA) is 77.6 Å². The Hall–Kier alpha value is -3.55. The number of carbonyl (C=O) groups is 2. The molecular formula is C33H41N5O2. The number of hydrogen-bond donors (Lipinski definition) is 2. The van der Waals surface area contributed by atoms with Gasteiger partial charge in [-0.15, -0.1) is 0 Å². The molecule has 1 aromatic heterocycles. The van der Waals surface area contributed by atoms with Crippen molar-refractivity contribution in [1.82, 2.24) is 25.4 Å². The Labute approximate surface area is 238 Å². The summed E-state index contributed by atoms with van der Waals surface area (Å²) in [6.07, 6.45) is 6.17. The molecule has 2 aliphatic rings. The second kappa shape index (κ2) is 14.2. The highest BCUT2D eigenvalue weighted by atomic mass is 16.2. The molecule has 2 fully saturated rings. The van der Waals surface area contributed by atoms with Crippen LogP contribution in [-0.2, 0) is 35.5 Å². The van der Waals surface area contributed by atoms with Gasteiger partial charge in [0.15, 0.2) is 0 Å². The van der Waals surface area contributed by atoms with E-state index in [1.807, 2.05) is 24.3 Å². The van der Waals surface area contributed by atoms with Gasteiger partial charge in [0.1, 0.15) is 0 Å². The number of likely N-dealkylation sites (tertiary alicyclic amines) is 2. The lowest BCUT2D eigenvalue weighted by Crippen LogP contribution is -2.44. The van der Waals surface area contributed by atoms with Crippen molar-refractivity contribution in [1.29, 1.82) is 0 Å². The first kappa shape index (κ1) is 28.0. The van der Waals surface area contributed by atoms with Gasteiger partial charge in [0, 0.05) is 63.2 Å². The average Bonchev–Trinajstić information content (AvgIpc) is 2.97. The normalized spacial score (nSPS) is 17.4. The van der Waals surface area contributed by atoms with Crippen molar-refractivity contribution in [3.8, 4) is 0 Å². The van der Waals surface area contributed by atoms with E-state index < -0.39 is 0 Å². The lowest BCUT2D eigenvalue weighted by atomic mass is 10.0. The van der Waals surface area contributed by atoms with Gasteiger partial charge >= 0.3 is 0 Å². The van der Waals surface area contributed by atoms with Gasteiger partial charge < -0.3 is 10.6 Å². The Bertz CT molecular complexity index is 1110. The SMILES string of the molecule is O=C(Cc1ccc(CC(=O)NC2CCN(Cc3ccccc3)CC2)nc1)NC1CCN(Cc2ccccc2)CC1. The van der Waals surface area contributed by atoms with Crippen molar-refractivity contribution >= 4 is 11.8 Å². The number of nitrogens with zero attached hydrogens (tertiary/aromatic N) is 3. The van der Waals surface area contributed by atoms with Crippen molar-refractivity contribution in [3.05, 3.63) is 101 Å². The van der Waals surface area contributed by atoms with E-state index in [0.29, 0.717) is 6.42 Å². The fraction of sp³-hybridized carbons (Fsp3) is 0.424. The van der Waals surface area contributed by atoms with Crippen LogP contribution in [0.2, 0.25) is 0 Å². The molecule has 40 heavy (non-hydrogen) atoms. The number of pyridine rings is 1. The molecule has 2 aromatic carbocycles. The van der Waals surface area contributed by atoms with E-state index in [1.54, 1.807) is 6.20 Å². The van der Waals surface area contributed by atoms with Crippen LogP contribution in [0.1, 0.15) is 48.1 Å². The van der Waals surface area contributed by atoms with E-state index >= 15 is 0 Å². The number of nitrogens with one attached hydrogen (secondary N) is 2. The molecule has 7 nitrogen and oxygen atoms in total. The first-order valence-electron chi connectivity index (χ1n) is 14.6. The number of aromatic nitrogens is 1. The summed E-state index contributed by atoms with van der Waals surface area (Å²) in [5.41, 5.74) is 4.26. The maximum Gasteiger partial charge on any atom is 0.226 e. The van der Waals surface area contributed by atoms with Gasteiger partial charge in [0.25, 0.3) is 0 Å². The Morgan fingerprint density at radius 2 is 1.10 bits per heavy atom. The second-order valence-electron chi connectivity index (χ2n) is 11.2. The van der Waals surface area contributed by atoms with E-state index in [0.717, 1.165) is 76.2 Å². The summed E-state index contributed by atoms with van der Waals surface area (Å²) in [6.45, 7) is 5.88. The molecule has 2 saturated heterocycles. The standard InChI is InChI=1S/C33H41N5O2/c39-32(35-29-13-17-37(18-14-29)24-26-7-3-1-4-8-26)21-28-11-12-31(34-23-28)22-33(40)36-30-15-19-38(20-16-30)25-27-9-5-2-6-10-27/h1-12,23,29-30H,13-22,24-25H2,(H,35,39)(H,36,40). The summed E-state index contributed by atoms with van der Waals surface area (Å²) in [6, 6.07) is 25.3. The third-order valence-corrected chi connectivity index (χ3v) is 8.00. The van der Waals surface area contributed by atoms with E-state index in [1.165, 1.54) is 11.1 Å².